The number of benzene rings is 1. The van der Waals surface area contributed by atoms with E-state index in [1.807, 2.05) is 6.07 Å². The standard InChI is InChI=1S/C15H17FO/c1-15(2)9-11(8-13(17)10-15)7-12-5-3-4-6-14(12)16/h3-6,8H,7,9-10H2,1-2H3. The SMILES string of the molecule is CC1(C)CC(=O)C=C(Cc2ccccc2F)C1. The smallest absolute Gasteiger partial charge is 0.156 e. The number of ketones is 1. The predicted molar refractivity (Wildman–Crippen MR) is 66.2 cm³/mol. The van der Waals surface area contributed by atoms with Crippen LogP contribution in [-0.4, -0.2) is 5.78 Å². The van der Waals surface area contributed by atoms with Crippen molar-refractivity contribution >= 4 is 5.78 Å². The maximum atomic E-state index is 13.5. The zero-order valence-electron chi connectivity index (χ0n) is 10.3. The van der Waals surface area contributed by atoms with Crippen LogP contribution in [-0.2, 0) is 11.2 Å². The molecule has 0 radical (unpaired) electrons. The molecule has 0 aliphatic heterocycles. The number of halogens is 1. The summed E-state index contributed by atoms with van der Waals surface area (Å²) in [5.41, 5.74) is 1.72. The lowest BCUT2D eigenvalue weighted by atomic mass is 9.75. The monoisotopic (exact) mass is 232 g/mol. The van der Waals surface area contributed by atoms with Crippen LogP contribution >= 0.6 is 0 Å². The number of carbonyl (C=O) groups excluding carboxylic acids is 1. The fourth-order valence-electron chi connectivity index (χ4n) is 2.48. The average Bonchev–Trinajstić information content (AvgIpc) is 2.18. The third-order valence-electron chi connectivity index (χ3n) is 3.10. The van der Waals surface area contributed by atoms with Gasteiger partial charge in [0.15, 0.2) is 5.78 Å². The summed E-state index contributed by atoms with van der Waals surface area (Å²) in [6, 6.07) is 6.76. The van der Waals surface area contributed by atoms with Crippen LogP contribution in [0.1, 0.15) is 32.3 Å². The average molecular weight is 232 g/mol. The van der Waals surface area contributed by atoms with E-state index in [0.29, 0.717) is 18.4 Å². The summed E-state index contributed by atoms with van der Waals surface area (Å²) < 4.78 is 13.5. The molecule has 0 unspecified atom stereocenters. The van der Waals surface area contributed by atoms with Crippen LogP contribution in [0.25, 0.3) is 0 Å². The number of carbonyl (C=O) groups is 1. The van der Waals surface area contributed by atoms with Gasteiger partial charge in [-0.1, -0.05) is 37.6 Å². The minimum absolute atomic E-state index is 0.00637. The van der Waals surface area contributed by atoms with E-state index >= 15 is 0 Å². The summed E-state index contributed by atoms with van der Waals surface area (Å²) in [6.45, 7) is 4.17. The van der Waals surface area contributed by atoms with Crippen molar-refractivity contribution in [2.24, 2.45) is 5.41 Å². The van der Waals surface area contributed by atoms with Gasteiger partial charge in [-0.15, -0.1) is 0 Å². The number of rotatable bonds is 2. The lowest BCUT2D eigenvalue weighted by Crippen LogP contribution is -2.22. The minimum Gasteiger partial charge on any atom is -0.295 e. The van der Waals surface area contributed by atoms with Crippen molar-refractivity contribution in [3.8, 4) is 0 Å². The van der Waals surface area contributed by atoms with Crippen molar-refractivity contribution in [3.05, 3.63) is 47.3 Å². The molecule has 0 heterocycles. The molecular formula is C15H17FO. The second kappa shape index (κ2) is 4.44. The Morgan fingerprint density at radius 3 is 2.59 bits per heavy atom. The van der Waals surface area contributed by atoms with Gasteiger partial charge in [-0.25, -0.2) is 4.39 Å². The second-order valence-electron chi connectivity index (χ2n) is 5.55. The highest BCUT2D eigenvalue weighted by atomic mass is 19.1. The van der Waals surface area contributed by atoms with Gasteiger partial charge in [0.25, 0.3) is 0 Å². The van der Waals surface area contributed by atoms with Crippen LogP contribution in [0.4, 0.5) is 4.39 Å². The van der Waals surface area contributed by atoms with Crippen LogP contribution in [0.3, 0.4) is 0 Å². The van der Waals surface area contributed by atoms with Gasteiger partial charge < -0.3 is 0 Å². The molecule has 1 aromatic carbocycles. The molecule has 1 aromatic rings. The molecular weight excluding hydrogens is 215 g/mol. The van der Waals surface area contributed by atoms with E-state index in [2.05, 4.69) is 13.8 Å². The Hall–Kier alpha value is -1.44. The first-order chi connectivity index (χ1) is 7.96. The predicted octanol–water partition coefficient (Wildman–Crippen LogP) is 3.68. The minimum atomic E-state index is -0.191. The fraction of sp³-hybridized carbons (Fsp3) is 0.400. The topological polar surface area (TPSA) is 17.1 Å². The van der Waals surface area contributed by atoms with Crippen molar-refractivity contribution in [1.82, 2.24) is 0 Å². The molecule has 0 spiro atoms. The Labute approximate surface area is 101 Å². The zero-order chi connectivity index (χ0) is 12.5. The van der Waals surface area contributed by atoms with Crippen molar-refractivity contribution in [3.63, 3.8) is 0 Å². The molecule has 0 aromatic heterocycles. The van der Waals surface area contributed by atoms with Gasteiger partial charge in [-0.3, -0.25) is 4.79 Å². The van der Waals surface area contributed by atoms with E-state index < -0.39 is 0 Å². The summed E-state index contributed by atoms with van der Waals surface area (Å²) in [4.78, 5) is 11.6. The molecule has 1 nitrogen and oxygen atoms in total. The molecule has 90 valence electrons. The summed E-state index contributed by atoms with van der Waals surface area (Å²) in [7, 11) is 0. The van der Waals surface area contributed by atoms with Gasteiger partial charge in [0.1, 0.15) is 5.82 Å². The molecule has 0 saturated carbocycles. The molecule has 1 aliphatic rings. The van der Waals surface area contributed by atoms with Gasteiger partial charge in [-0.05, 0) is 36.0 Å². The Morgan fingerprint density at radius 2 is 1.94 bits per heavy atom. The van der Waals surface area contributed by atoms with Gasteiger partial charge in [0.2, 0.25) is 0 Å². The van der Waals surface area contributed by atoms with Gasteiger partial charge >= 0.3 is 0 Å². The Kier molecular flexibility index (Phi) is 3.14. The lowest BCUT2D eigenvalue weighted by Gasteiger charge is -2.28. The van der Waals surface area contributed by atoms with Crippen molar-refractivity contribution in [1.29, 1.82) is 0 Å². The molecule has 0 amide bonds. The molecule has 0 atom stereocenters. The molecule has 0 saturated heterocycles. The van der Waals surface area contributed by atoms with E-state index in [4.69, 9.17) is 0 Å². The summed E-state index contributed by atoms with van der Waals surface area (Å²) in [6.07, 6.45) is 3.69. The third-order valence-corrected chi connectivity index (χ3v) is 3.10. The Balaban J connectivity index is 2.20. The first-order valence-corrected chi connectivity index (χ1v) is 5.92. The van der Waals surface area contributed by atoms with Crippen LogP contribution in [0.2, 0.25) is 0 Å². The van der Waals surface area contributed by atoms with E-state index in [9.17, 15) is 9.18 Å². The number of hydrogen-bond acceptors (Lipinski definition) is 1. The fourth-order valence-corrected chi connectivity index (χ4v) is 2.48. The highest BCUT2D eigenvalue weighted by Gasteiger charge is 2.27. The van der Waals surface area contributed by atoms with Crippen LogP contribution in [0.5, 0.6) is 0 Å². The van der Waals surface area contributed by atoms with Crippen molar-refractivity contribution in [2.75, 3.05) is 0 Å². The third kappa shape index (κ3) is 3.02. The highest BCUT2D eigenvalue weighted by Crippen LogP contribution is 2.35. The van der Waals surface area contributed by atoms with Crippen molar-refractivity contribution in [2.45, 2.75) is 33.1 Å². The first kappa shape index (κ1) is 12.0. The molecule has 0 N–H and O–H groups in total. The molecule has 0 fully saturated rings. The maximum absolute atomic E-state index is 13.5. The normalized spacial score (nSPS) is 19.0. The van der Waals surface area contributed by atoms with E-state index in [-0.39, 0.29) is 17.0 Å². The van der Waals surface area contributed by atoms with E-state index in [0.717, 1.165) is 12.0 Å². The summed E-state index contributed by atoms with van der Waals surface area (Å²) in [5, 5.41) is 0. The highest BCUT2D eigenvalue weighted by molar-refractivity contribution is 5.91. The molecule has 17 heavy (non-hydrogen) atoms. The molecule has 1 aliphatic carbocycles. The van der Waals surface area contributed by atoms with Crippen LogP contribution < -0.4 is 0 Å². The Morgan fingerprint density at radius 1 is 1.24 bits per heavy atom. The first-order valence-electron chi connectivity index (χ1n) is 5.92. The van der Waals surface area contributed by atoms with Gasteiger partial charge in [-0.2, -0.15) is 0 Å². The van der Waals surface area contributed by atoms with E-state index in [1.165, 1.54) is 6.07 Å². The number of allylic oxidation sites excluding steroid dienone is 2. The van der Waals surface area contributed by atoms with Gasteiger partial charge in [0, 0.05) is 6.42 Å². The Bertz CT molecular complexity index is 472. The zero-order valence-corrected chi connectivity index (χ0v) is 10.3. The largest absolute Gasteiger partial charge is 0.295 e. The maximum Gasteiger partial charge on any atom is 0.156 e. The summed E-state index contributed by atoms with van der Waals surface area (Å²) >= 11 is 0. The van der Waals surface area contributed by atoms with Crippen LogP contribution in [0.15, 0.2) is 35.9 Å². The van der Waals surface area contributed by atoms with E-state index in [1.54, 1.807) is 18.2 Å². The second-order valence-corrected chi connectivity index (χ2v) is 5.55. The summed E-state index contributed by atoms with van der Waals surface area (Å²) in [5.74, 6) is -0.0307. The van der Waals surface area contributed by atoms with Crippen LogP contribution in [0, 0.1) is 11.2 Å². The molecule has 2 heteroatoms. The van der Waals surface area contributed by atoms with Gasteiger partial charge in [0.05, 0.1) is 0 Å². The number of hydrogen-bond donors (Lipinski definition) is 0. The van der Waals surface area contributed by atoms with Crippen molar-refractivity contribution < 1.29 is 9.18 Å². The molecule has 0 bridgehead atoms. The lowest BCUT2D eigenvalue weighted by molar-refractivity contribution is -0.117. The molecule has 2 rings (SSSR count). The quantitative estimate of drug-likeness (QED) is 0.760.